The Morgan fingerprint density at radius 1 is 0.964 bits per heavy atom. The molecule has 2 aliphatic heterocycles. The minimum absolute atomic E-state index is 0.0519. The molecule has 7 heteroatoms. The molecule has 1 saturated heterocycles. The van der Waals surface area contributed by atoms with E-state index in [1.54, 1.807) is 22.8 Å². The van der Waals surface area contributed by atoms with E-state index in [9.17, 15) is 9.59 Å². The number of carbonyl (C=O) groups excluding carboxylic acids is 2. The number of piperazine rings is 1. The highest BCUT2D eigenvalue weighted by Crippen LogP contribution is 2.31. The van der Waals surface area contributed by atoms with E-state index in [-0.39, 0.29) is 11.8 Å². The molecule has 0 atom stereocenters. The second-order valence-corrected chi connectivity index (χ2v) is 7.38. The van der Waals surface area contributed by atoms with Crippen LogP contribution >= 0.6 is 0 Å². The van der Waals surface area contributed by atoms with Gasteiger partial charge in [0.1, 0.15) is 5.69 Å². The molecule has 2 aliphatic rings. The monoisotopic (exact) mass is 379 g/mol. The Morgan fingerprint density at radius 2 is 1.68 bits per heavy atom. The summed E-state index contributed by atoms with van der Waals surface area (Å²) in [5.41, 5.74) is 3.60. The average molecular weight is 379 g/mol. The molecule has 146 valence electrons. The Labute approximate surface area is 165 Å². The molecular formula is C21H25N5O2. The number of para-hydroxylation sites is 1. The van der Waals surface area contributed by atoms with Crippen LogP contribution < -0.4 is 4.90 Å². The first-order valence-corrected chi connectivity index (χ1v) is 9.79. The number of nitrogens with zero attached hydrogens (tertiary/aromatic N) is 5. The van der Waals surface area contributed by atoms with Crippen LogP contribution in [0.4, 0.5) is 11.6 Å². The summed E-state index contributed by atoms with van der Waals surface area (Å²) in [7, 11) is 0. The van der Waals surface area contributed by atoms with Crippen molar-refractivity contribution >= 4 is 23.5 Å². The molecule has 0 bridgehead atoms. The van der Waals surface area contributed by atoms with E-state index in [1.807, 2.05) is 13.0 Å². The zero-order chi connectivity index (χ0) is 19.7. The van der Waals surface area contributed by atoms with Gasteiger partial charge in [-0.3, -0.25) is 9.59 Å². The lowest BCUT2D eigenvalue weighted by Gasteiger charge is -2.34. The first kappa shape index (κ1) is 18.4. The highest BCUT2D eigenvalue weighted by Gasteiger charge is 2.26. The van der Waals surface area contributed by atoms with Crippen molar-refractivity contribution in [2.24, 2.45) is 0 Å². The van der Waals surface area contributed by atoms with Crippen LogP contribution in [0.2, 0.25) is 0 Å². The van der Waals surface area contributed by atoms with Crippen LogP contribution in [-0.4, -0.2) is 64.3 Å². The maximum Gasteiger partial charge on any atom is 0.272 e. The lowest BCUT2D eigenvalue weighted by Crippen LogP contribution is -2.50. The maximum atomic E-state index is 13.0. The summed E-state index contributed by atoms with van der Waals surface area (Å²) in [4.78, 5) is 39.4. The summed E-state index contributed by atoms with van der Waals surface area (Å²) < 4.78 is 0. The van der Waals surface area contributed by atoms with Gasteiger partial charge in [-0.1, -0.05) is 18.2 Å². The number of anilines is 2. The Balaban J connectivity index is 1.59. The minimum atomic E-state index is -0.0970. The normalized spacial score (nSPS) is 16.7. The number of hydrogen-bond donors (Lipinski definition) is 0. The predicted molar refractivity (Wildman–Crippen MR) is 107 cm³/mol. The van der Waals surface area contributed by atoms with Gasteiger partial charge in [0.25, 0.3) is 5.91 Å². The lowest BCUT2D eigenvalue weighted by molar-refractivity contribution is -0.130. The molecule has 0 N–H and O–H groups in total. The van der Waals surface area contributed by atoms with Gasteiger partial charge in [0.05, 0.1) is 0 Å². The van der Waals surface area contributed by atoms with Crippen molar-refractivity contribution in [3.05, 3.63) is 47.3 Å². The highest BCUT2D eigenvalue weighted by molar-refractivity contribution is 5.93. The molecule has 0 aliphatic carbocycles. The fourth-order valence-electron chi connectivity index (χ4n) is 3.91. The summed E-state index contributed by atoms with van der Waals surface area (Å²) in [5, 5.41) is 0. The number of aryl methyl sites for hydroxylation is 2. The van der Waals surface area contributed by atoms with Gasteiger partial charge in [-0.25, -0.2) is 9.97 Å². The Hall–Kier alpha value is -2.96. The molecule has 1 aromatic heterocycles. The van der Waals surface area contributed by atoms with E-state index in [2.05, 4.69) is 33.1 Å². The van der Waals surface area contributed by atoms with Crippen LogP contribution in [0.1, 0.15) is 35.1 Å². The first-order chi connectivity index (χ1) is 13.5. The van der Waals surface area contributed by atoms with E-state index in [1.165, 1.54) is 5.56 Å². The van der Waals surface area contributed by atoms with E-state index in [0.717, 1.165) is 30.8 Å². The van der Waals surface area contributed by atoms with Gasteiger partial charge in [0.15, 0.2) is 0 Å². The molecule has 28 heavy (non-hydrogen) atoms. The van der Waals surface area contributed by atoms with E-state index >= 15 is 0 Å². The van der Waals surface area contributed by atoms with Crippen LogP contribution in [0.15, 0.2) is 30.3 Å². The van der Waals surface area contributed by atoms with Gasteiger partial charge < -0.3 is 14.7 Å². The predicted octanol–water partition coefficient (Wildman–Crippen LogP) is 2.17. The van der Waals surface area contributed by atoms with Gasteiger partial charge in [0.2, 0.25) is 11.9 Å². The summed E-state index contributed by atoms with van der Waals surface area (Å²) in [6.45, 7) is 6.49. The van der Waals surface area contributed by atoms with E-state index in [0.29, 0.717) is 37.8 Å². The SMILES string of the molecule is CC(=O)N1CCN(C(=O)c2cc(C)nc(N3CCCc4ccccc43)n2)CC1. The Bertz CT molecular complexity index is 905. The molecule has 0 spiro atoms. The molecule has 1 fully saturated rings. The smallest absolute Gasteiger partial charge is 0.272 e. The molecular weight excluding hydrogens is 354 g/mol. The summed E-state index contributed by atoms with van der Waals surface area (Å²) in [6, 6.07) is 10.0. The molecule has 7 nitrogen and oxygen atoms in total. The van der Waals surface area contributed by atoms with Crippen LogP contribution in [0.25, 0.3) is 0 Å². The Morgan fingerprint density at radius 3 is 2.43 bits per heavy atom. The quantitative estimate of drug-likeness (QED) is 0.800. The van der Waals surface area contributed by atoms with Crippen molar-refractivity contribution in [1.82, 2.24) is 19.8 Å². The minimum Gasteiger partial charge on any atom is -0.339 e. The van der Waals surface area contributed by atoms with Crippen molar-refractivity contribution in [3.63, 3.8) is 0 Å². The molecule has 4 rings (SSSR count). The third-order valence-electron chi connectivity index (χ3n) is 5.43. The lowest BCUT2D eigenvalue weighted by atomic mass is 10.0. The second kappa shape index (κ2) is 7.58. The summed E-state index contributed by atoms with van der Waals surface area (Å²) >= 11 is 0. The largest absolute Gasteiger partial charge is 0.339 e. The maximum absolute atomic E-state index is 13.0. The van der Waals surface area contributed by atoms with E-state index in [4.69, 9.17) is 0 Å². The zero-order valence-electron chi connectivity index (χ0n) is 16.4. The molecule has 0 unspecified atom stereocenters. The van der Waals surface area contributed by atoms with Gasteiger partial charge in [-0.05, 0) is 37.5 Å². The molecule has 1 aromatic carbocycles. The summed E-state index contributed by atoms with van der Waals surface area (Å²) in [5.74, 6) is 0.536. The average Bonchev–Trinajstić information content (AvgIpc) is 2.72. The van der Waals surface area contributed by atoms with Crippen molar-refractivity contribution in [1.29, 1.82) is 0 Å². The number of aromatic nitrogens is 2. The van der Waals surface area contributed by atoms with Crippen LogP contribution in [-0.2, 0) is 11.2 Å². The topological polar surface area (TPSA) is 69.6 Å². The van der Waals surface area contributed by atoms with Gasteiger partial charge in [-0.2, -0.15) is 0 Å². The second-order valence-electron chi connectivity index (χ2n) is 7.38. The Kier molecular flexibility index (Phi) is 4.98. The third kappa shape index (κ3) is 3.56. The standard InChI is InChI=1S/C21H25N5O2/c1-15-14-18(20(28)25-12-10-24(11-13-25)16(2)27)23-21(22-15)26-9-5-7-17-6-3-4-8-19(17)26/h3-4,6,8,14H,5,7,9-13H2,1-2H3. The fourth-order valence-corrected chi connectivity index (χ4v) is 3.91. The fraction of sp³-hybridized carbons (Fsp3) is 0.429. The molecule has 0 saturated carbocycles. The number of amides is 2. The number of rotatable bonds is 2. The summed E-state index contributed by atoms with van der Waals surface area (Å²) in [6.07, 6.45) is 2.08. The number of fused-ring (bicyclic) bond motifs is 1. The van der Waals surface area contributed by atoms with Crippen LogP contribution in [0, 0.1) is 6.92 Å². The number of hydrogen-bond acceptors (Lipinski definition) is 5. The van der Waals surface area contributed by atoms with Crippen molar-refractivity contribution < 1.29 is 9.59 Å². The van der Waals surface area contributed by atoms with Gasteiger partial charge in [0, 0.05) is 51.0 Å². The molecule has 3 heterocycles. The van der Waals surface area contributed by atoms with Gasteiger partial charge in [-0.15, -0.1) is 0 Å². The zero-order valence-corrected chi connectivity index (χ0v) is 16.4. The van der Waals surface area contributed by atoms with Crippen molar-refractivity contribution in [3.8, 4) is 0 Å². The first-order valence-electron chi connectivity index (χ1n) is 9.79. The number of carbonyl (C=O) groups is 2. The third-order valence-corrected chi connectivity index (χ3v) is 5.43. The van der Waals surface area contributed by atoms with Gasteiger partial charge >= 0.3 is 0 Å². The highest BCUT2D eigenvalue weighted by atomic mass is 16.2. The van der Waals surface area contributed by atoms with Crippen LogP contribution in [0.3, 0.4) is 0 Å². The molecule has 2 amide bonds. The van der Waals surface area contributed by atoms with Crippen molar-refractivity contribution in [2.75, 3.05) is 37.6 Å². The van der Waals surface area contributed by atoms with Crippen LogP contribution in [0.5, 0.6) is 0 Å². The molecule has 0 radical (unpaired) electrons. The van der Waals surface area contributed by atoms with E-state index < -0.39 is 0 Å². The molecule has 2 aromatic rings. The van der Waals surface area contributed by atoms with Crippen molar-refractivity contribution in [2.45, 2.75) is 26.7 Å². The number of benzene rings is 1.